The van der Waals surface area contributed by atoms with Crippen molar-refractivity contribution in [2.75, 3.05) is 13.7 Å². The van der Waals surface area contributed by atoms with Gasteiger partial charge in [0.05, 0.1) is 13.0 Å². The molecule has 0 bridgehead atoms. The molecule has 0 fully saturated rings. The molecule has 1 rings (SSSR count). The fourth-order valence-corrected chi connectivity index (χ4v) is 1.58. The molecule has 0 spiro atoms. The molecule has 0 aliphatic carbocycles. The number of carbonyl (C=O) groups excluding carboxylic acids is 1. The van der Waals surface area contributed by atoms with E-state index in [4.69, 9.17) is 9.84 Å². The highest BCUT2D eigenvalue weighted by Crippen LogP contribution is 2.11. The standard InChI is InChI=1S/C14H19NO4/c1-10(14(17)18)4-3-9-15-13(16)11-5-7-12(19-2)8-6-11/h5-8,10H,3-4,9H2,1-2H3,(H,15,16)(H,17,18). The van der Waals surface area contributed by atoms with E-state index in [1.807, 2.05) is 0 Å². The zero-order valence-corrected chi connectivity index (χ0v) is 11.2. The maximum Gasteiger partial charge on any atom is 0.306 e. The molecule has 0 aromatic heterocycles. The van der Waals surface area contributed by atoms with E-state index in [-0.39, 0.29) is 11.8 Å². The van der Waals surface area contributed by atoms with Crippen LogP contribution in [0.4, 0.5) is 0 Å². The molecule has 0 radical (unpaired) electrons. The van der Waals surface area contributed by atoms with Crippen molar-refractivity contribution in [2.45, 2.75) is 19.8 Å². The maximum absolute atomic E-state index is 11.8. The lowest BCUT2D eigenvalue weighted by Crippen LogP contribution is -2.25. The van der Waals surface area contributed by atoms with Crippen LogP contribution in [0.25, 0.3) is 0 Å². The first-order valence-electron chi connectivity index (χ1n) is 6.19. The first kappa shape index (κ1) is 15.0. The number of carboxylic acids is 1. The van der Waals surface area contributed by atoms with Crippen LogP contribution in [0.3, 0.4) is 0 Å². The van der Waals surface area contributed by atoms with Crippen LogP contribution in [-0.4, -0.2) is 30.6 Å². The Morgan fingerprint density at radius 1 is 1.32 bits per heavy atom. The molecule has 0 saturated heterocycles. The first-order valence-corrected chi connectivity index (χ1v) is 6.19. The smallest absolute Gasteiger partial charge is 0.306 e. The third-order valence-electron chi connectivity index (χ3n) is 2.87. The van der Waals surface area contributed by atoms with Gasteiger partial charge in [-0.25, -0.2) is 0 Å². The quantitative estimate of drug-likeness (QED) is 0.739. The van der Waals surface area contributed by atoms with Crippen molar-refractivity contribution in [3.63, 3.8) is 0 Å². The molecular weight excluding hydrogens is 246 g/mol. The summed E-state index contributed by atoms with van der Waals surface area (Å²) in [5, 5.41) is 11.5. The zero-order chi connectivity index (χ0) is 14.3. The molecule has 19 heavy (non-hydrogen) atoms. The number of methoxy groups -OCH3 is 1. The van der Waals surface area contributed by atoms with Crippen LogP contribution < -0.4 is 10.1 Å². The molecule has 5 nitrogen and oxygen atoms in total. The summed E-state index contributed by atoms with van der Waals surface area (Å²) in [6.45, 7) is 2.14. The van der Waals surface area contributed by atoms with Crippen LogP contribution in [-0.2, 0) is 4.79 Å². The second-order valence-electron chi connectivity index (χ2n) is 4.37. The lowest BCUT2D eigenvalue weighted by atomic mass is 10.1. The van der Waals surface area contributed by atoms with Crippen molar-refractivity contribution in [3.05, 3.63) is 29.8 Å². The minimum absolute atomic E-state index is 0.161. The van der Waals surface area contributed by atoms with Crippen LogP contribution in [0, 0.1) is 5.92 Å². The molecule has 0 heterocycles. The molecule has 1 unspecified atom stereocenters. The predicted molar refractivity (Wildman–Crippen MR) is 71.4 cm³/mol. The summed E-state index contributed by atoms with van der Waals surface area (Å²) < 4.78 is 5.01. The molecule has 104 valence electrons. The SMILES string of the molecule is COc1ccc(C(=O)NCCCC(C)C(=O)O)cc1. The van der Waals surface area contributed by atoms with E-state index in [0.29, 0.717) is 30.7 Å². The molecule has 0 aliphatic heterocycles. The highest BCUT2D eigenvalue weighted by molar-refractivity contribution is 5.94. The van der Waals surface area contributed by atoms with E-state index in [9.17, 15) is 9.59 Å². The monoisotopic (exact) mass is 265 g/mol. The Hall–Kier alpha value is -2.04. The number of carbonyl (C=O) groups is 2. The summed E-state index contributed by atoms with van der Waals surface area (Å²) >= 11 is 0. The molecule has 1 aromatic carbocycles. The Morgan fingerprint density at radius 3 is 2.47 bits per heavy atom. The van der Waals surface area contributed by atoms with Crippen LogP contribution in [0.5, 0.6) is 5.75 Å². The van der Waals surface area contributed by atoms with Gasteiger partial charge >= 0.3 is 5.97 Å². The van der Waals surface area contributed by atoms with Gasteiger partial charge in [-0.3, -0.25) is 9.59 Å². The fraction of sp³-hybridized carbons (Fsp3) is 0.429. The number of ether oxygens (including phenoxy) is 1. The van der Waals surface area contributed by atoms with Gasteiger partial charge in [0.15, 0.2) is 0 Å². The molecule has 1 aromatic rings. The van der Waals surface area contributed by atoms with Crippen molar-refractivity contribution < 1.29 is 19.4 Å². The number of benzene rings is 1. The van der Waals surface area contributed by atoms with E-state index in [2.05, 4.69) is 5.32 Å². The Kier molecular flexibility index (Phi) is 5.85. The second kappa shape index (κ2) is 7.41. The van der Waals surface area contributed by atoms with Gasteiger partial charge in [-0.2, -0.15) is 0 Å². The number of nitrogens with one attached hydrogen (secondary N) is 1. The number of amides is 1. The summed E-state index contributed by atoms with van der Waals surface area (Å²) in [4.78, 5) is 22.4. The van der Waals surface area contributed by atoms with Crippen LogP contribution >= 0.6 is 0 Å². The molecule has 1 amide bonds. The minimum Gasteiger partial charge on any atom is -0.497 e. The first-order chi connectivity index (χ1) is 9.04. The Balaban J connectivity index is 2.32. The van der Waals surface area contributed by atoms with Crippen LogP contribution in [0.1, 0.15) is 30.1 Å². The number of carboxylic acid groups (broad SMARTS) is 1. The average Bonchev–Trinajstić information content (AvgIpc) is 2.43. The van der Waals surface area contributed by atoms with Crippen LogP contribution in [0.15, 0.2) is 24.3 Å². The molecule has 0 aliphatic rings. The topological polar surface area (TPSA) is 75.6 Å². The highest BCUT2D eigenvalue weighted by atomic mass is 16.5. The van der Waals surface area contributed by atoms with Crippen LogP contribution in [0.2, 0.25) is 0 Å². The summed E-state index contributed by atoms with van der Waals surface area (Å²) in [6.07, 6.45) is 1.20. The average molecular weight is 265 g/mol. The van der Waals surface area contributed by atoms with E-state index in [1.54, 1.807) is 38.3 Å². The third-order valence-corrected chi connectivity index (χ3v) is 2.87. The number of hydrogen-bond donors (Lipinski definition) is 2. The molecule has 0 saturated carbocycles. The highest BCUT2D eigenvalue weighted by Gasteiger charge is 2.10. The lowest BCUT2D eigenvalue weighted by Gasteiger charge is -2.08. The van der Waals surface area contributed by atoms with Crippen molar-refractivity contribution in [1.29, 1.82) is 0 Å². The summed E-state index contributed by atoms with van der Waals surface area (Å²) in [6, 6.07) is 6.82. The summed E-state index contributed by atoms with van der Waals surface area (Å²) in [5.74, 6) is -0.642. The van der Waals surface area contributed by atoms with E-state index >= 15 is 0 Å². The van der Waals surface area contributed by atoms with Gasteiger partial charge in [-0.05, 0) is 37.1 Å². The Morgan fingerprint density at radius 2 is 1.95 bits per heavy atom. The third kappa shape index (κ3) is 4.99. The predicted octanol–water partition coefficient (Wildman–Crippen LogP) is 1.93. The number of hydrogen-bond acceptors (Lipinski definition) is 3. The molecule has 1 atom stereocenters. The largest absolute Gasteiger partial charge is 0.497 e. The van der Waals surface area contributed by atoms with Gasteiger partial charge in [-0.1, -0.05) is 6.92 Å². The molecular formula is C14H19NO4. The summed E-state index contributed by atoms with van der Waals surface area (Å²) in [5.41, 5.74) is 0.562. The van der Waals surface area contributed by atoms with Gasteiger partial charge in [0, 0.05) is 12.1 Å². The Labute approximate surface area is 112 Å². The maximum atomic E-state index is 11.8. The van der Waals surface area contributed by atoms with Gasteiger partial charge in [0.25, 0.3) is 5.91 Å². The Bertz CT molecular complexity index is 428. The van der Waals surface area contributed by atoms with Crippen molar-refractivity contribution in [3.8, 4) is 5.75 Å². The van der Waals surface area contributed by atoms with E-state index < -0.39 is 5.97 Å². The van der Waals surface area contributed by atoms with Gasteiger partial charge < -0.3 is 15.2 Å². The number of aliphatic carboxylic acids is 1. The van der Waals surface area contributed by atoms with Crippen molar-refractivity contribution in [2.24, 2.45) is 5.92 Å². The van der Waals surface area contributed by atoms with Gasteiger partial charge in [-0.15, -0.1) is 0 Å². The van der Waals surface area contributed by atoms with E-state index in [0.717, 1.165) is 0 Å². The van der Waals surface area contributed by atoms with E-state index in [1.165, 1.54) is 0 Å². The fourth-order valence-electron chi connectivity index (χ4n) is 1.58. The number of rotatable bonds is 7. The van der Waals surface area contributed by atoms with Crippen molar-refractivity contribution >= 4 is 11.9 Å². The van der Waals surface area contributed by atoms with Gasteiger partial charge in [0.2, 0.25) is 0 Å². The lowest BCUT2D eigenvalue weighted by molar-refractivity contribution is -0.141. The summed E-state index contributed by atoms with van der Waals surface area (Å²) in [7, 11) is 1.57. The zero-order valence-electron chi connectivity index (χ0n) is 11.2. The van der Waals surface area contributed by atoms with Gasteiger partial charge in [0.1, 0.15) is 5.75 Å². The van der Waals surface area contributed by atoms with Crippen molar-refractivity contribution in [1.82, 2.24) is 5.32 Å². The molecule has 5 heteroatoms. The normalized spacial score (nSPS) is 11.7. The minimum atomic E-state index is -0.804. The second-order valence-corrected chi connectivity index (χ2v) is 4.37. The molecule has 2 N–H and O–H groups in total.